The van der Waals surface area contributed by atoms with Crippen molar-refractivity contribution in [1.82, 2.24) is 4.90 Å². The Morgan fingerprint density at radius 2 is 2.16 bits per heavy atom. The first-order valence-corrected chi connectivity index (χ1v) is 7.17. The minimum Gasteiger partial charge on any atom is -0.482 e. The molecule has 0 atom stereocenters. The second-order valence-corrected chi connectivity index (χ2v) is 5.69. The highest BCUT2D eigenvalue weighted by atomic mass is 32.1. The quantitative estimate of drug-likeness (QED) is 0.918. The molecule has 2 rings (SSSR count). The standard InChI is InChI=1S/C13H17NO4S/c1-9-2-5-14(6-3-9)11(15)8-18-10-4-7-19-12(10)13(16)17/h4,7,9H,2-3,5-6,8H2,1H3,(H,16,17). The van der Waals surface area contributed by atoms with E-state index in [1.54, 1.807) is 16.3 Å². The lowest BCUT2D eigenvalue weighted by Gasteiger charge is -2.30. The maximum absolute atomic E-state index is 11.9. The van der Waals surface area contributed by atoms with Crippen LogP contribution >= 0.6 is 11.3 Å². The molecule has 19 heavy (non-hydrogen) atoms. The molecule has 1 aliphatic rings. The van der Waals surface area contributed by atoms with E-state index in [4.69, 9.17) is 9.84 Å². The topological polar surface area (TPSA) is 66.8 Å². The molecule has 2 heterocycles. The zero-order chi connectivity index (χ0) is 13.8. The predicted molar refractivity (Wildman–Crippen MR) is 71.8 cm³/mol. The number of piperidine rings is 1. The van der Waals surface area contributed by atoms with Crippen LogP contribution in [0.1, 0.15) is 29.4 Å². The van der Waals surface area contributed by atoms with Crippen LogP contribution in [0.15, 0.2) is 11.4 Å². The summed E-state index contributed by atoms with van der Waals surface area (Å²) in [7, 11) is 0. The van der Waals surface area contributed by atoms with Crippen LogP contribution in [-0.4, -0.2) is 41.6 Å². The molecule has 104 valence electrons. The molecular formula is C13H17NO4S. The van der Waals surface area contributed by atoms with Gasteiger partial charge >= 0.3 is 5.97 Å². The summed E-state index contributed by atoms with van der Waals surface area (Å²) in [6.07, 6.45) is 2.04. The Balaban J connectivity index is 1.86. The Bertz CT molecular complexity index is 463. The average molecular weight is 283 g/mol. The highest BCUT2D eigenvalue weighted by Crippen LogP contribution is 2.24. The molecule has 1 aromatic heterocycles. The Morgan fingerprint density at radius 3 is 2.79 bits per heavy atom. The Labute approximate surface area is 115 Å². The monoisotopic (exact) mass is 283 g/mol. The van der Waals surface area contributed by atoms with E-state index in [1.165, 1.54) is 0 Å². The van der Waals surface area contributed by atoms with Crippen LogP contribution in [0.4, 0.5) is 0 Å². The minimum absolute atomic E-state index is 0.0746. The zero-order valence-electron chi connectivity index (χ0n) is 10.8. The second kappa shape index (κ2) is 6.06. The Hall–Kier alpha value is -1.56. The fourth-order valence-electron chi connectivity index (χ4n) is 2.06. The number of likely N-dealkylation sites (tertiary alicyclic amines) is 1. The van der Waals surface area contributed by atoms with Gasteiger partial charge in [-0.3, -0.25) is 4.79 Å². The van der Waals surface area contributed by atoms with E-state index >= 15 is 0 Å². The molecule has 1 N–H and O–H groups in total. The number of carboxylic acids is 1. The molecular weight excluding hydrogens is 266 g/mol. The third-order valence-electron chi connectivity index (χ3n) is 3.31. The van der Waals surface area contributed by atoms with Crippen LogP contribution in [0.2, 0.25) is 0 Å². The smallest absolute Gasteiger partial charge is 0.349 e. The lowest BCUT2D eigenvalue weighted by atomic mass is 9.99. The van der Waals surface area contributed by atoms with Crippen molar-refractivity contribution in [1.29, 1.82) is 0 Å². The number of carbonyl (C=O) groups excluding carboxylic acids is 1. The normalized spacial score (nSPS) is 16.4. The van der Waals surface area contributed by atoms with Gasteiger partial charge in [-0.1, -0.05) is 6.92 Å². The first-order chi connectivity index (χ1) is 9.08. The van der Waals surface area contributed by atoms with Crippen molar-refractivity contribution < 1.29 is 19.4 Å². The third-order valence-corrected chi connectivity index (χ3v) is 4.19. The van der Waals surface area contributed by atoms with Gasteiger partial charge in [-0.15, -0.1) is 11.3 Å². The van der Waals surface area contributed by atoms with Gasteiger partial charge in [-0.2, -0.15) is 0 Å². The molecule has 0 aliphatic carbocycles. The number of aromatic carboxylic acids is 1. The van der Waals surface area contributed by atoms with Gasteiger partial charge in [0, 0.05) is 13.1 Å². The Kier molecular flexibility index (Phi) is 4.42. The molecule has 5 nitrogen and oxygen atoms in total. The van der Waals surface area contributed by atoms with E-state index in [0.29, 0.717) is 5.92 Å². The molecule has 1 aliphatic heterocycles. The number of rotatable bonds is 4. The molecule has 0 saturated carbocycles. The maximum atomic E-state index is 11.9. The van der Waals surface area contributed by atoms with Crippen molar-refractivity contribution in [3.63, 3.8) is 0 Å². The molecule has 0 bridgehead atoms. The van der Waals surface area contributed by atoms with Gasteiger partial charge < -0.3 is 14.7 Å². The fourth-order valence-corrected chi connectivity index (χ4v) is 2.73. The lowest BCUT2D eigenvalue weighted by molar-refractivity contribution is -0.134. The van der Waals surface area contributed by atoms with Crippen LogP contribution in [0.3, 0.4) is 0 Å². The molecule has 0 unspecified atom stereocenters. The molecule has 6 heteroatoms. The predicted octanol–water partition coefficient (Wildman–Crippen LogP) is 2.08. The second-order valence-electron chi connectivity index (χ2n) is 4.77. The largest absolute Gasteiger partial charge is 0.482 e. The first-order valence-electron chi connectivity index (χ1n) is 6.29. The summed E-state index contributed by atoms with van der Waals surface area (Å²) in [4.78, 5) is 24.8. The maximum Gasteiger partial charge on any atom is 0.349 e. The van der Waals surface area contributed by atoms with E-state index in [2.05, 4.69) is 6.92 Å². The molecule has 0 aromatic carbocycles. The summed E-state index contributed by atoms with van der Waals surface area (Å²) in [6, 6.07) is 1.58. The molecule has 1 aromatic rings. The van der Waals surface area contributed by atoms with Crippen LogP contribution in [-0.2, 0) is 4.79 Å². The van der Waals surface area contributed by atoms with Gasteiger partial charge in [0.15, 0.2) is 11.5 Å². The number of nitrogens with zero attached hydrogens (tertiary/aromatic N) is 1. The van der Waals surface area contributed by atoms with E-state index < -0.39 is 5.97 Å². The third kappa shape index (κ3) is 3.47. The fraction of sp³-hybridized carbons (Fsp3) is 0.538. The van der Waals surface area contributed by atoms with Crippen LogP contribution in [0.5, 0.6) is 5.75 Å². The minimum atomic E-state index is -1.02. The van der Waals surface area contributed by atoms with Gasteiger partial charge in [0.2, 0.25) is 0 Å². The number of ether oxygens (including phenoxy) is 1. The highest BCUT2D eigenvalue weighted by Gasteiger charge is 2.21. The summed E-state index contributed by atoms with van der Waals surface area (Å²) >= 11 is 1.10. The van der Waals surface area contributed by atoms with E-state index in [-0.39, 0.29) is 23.1 Å². The summed E-state index contributed by atoms with van der Waals surface area (Å²) in [5, 5.41) is 10.6. The summed E-state index contributed by atoms with van der Waals surface area (Å²) < 4.78 is 5.32. The first kappa shape index (κ1) is 13.9. The van der Waals surface area contributed by atoms with Gasteiger partial charge in [-0.05, 0) is 30.2 Å². The molecule has 1 amide bonds. The molecule has 1 fully saturated rings. The van der Waals surface area contributed by atoms with Crippen molar-refractivity contribution in [3.8, 4) is 5.75 Å². The number of hydrogen-bond donors (Lipinski definition) is 1. The van der Waals surface area contributed by atoms with Crippen LogP contribution < -0.4 is 4.74 Å². The van der Waals surface area contributed by atoms with E-state index in [1.807, 2.05) is 0 Å². The van der Waals surface area contributed by atoms with Crippen molar-refractivity contribution in [2.45, 2.75) is 19.8 Å². The summed E-state index contributed by atoms with van der Waals surface area (Å²) in [6.45, 7) is 3.62. The summed E-state index contributed by atoms with van der Waals surface area (Å²) in [5.74, 6) is -0.157. The SMILES string of the molecule is CC1CCN(C(=O)COc2ccsc2C(=O)O)CC1. The molecule has 0 spiro atoms. The van der Waals surface area contributed by atoms with E-state index in [9.17, 15) is 9.59 Å². The number of carbonyl (C=O) groups is 2. The van der Waals surface area contributed by atoms with Gasteiger partial charge in [0.05, 0.1) is 0 Å². The van der Waals surface area contributed by atoms with Crippen LogP contribution in [0.25, 0.3) is 0 Å². The van der Waals surface area contributed by atoms with Crippen molar-refractivity contribution in [2.24, 2.45) is 5.92 Å². The summed E-state index contributed by atoms with van der Waals surface area (Å²) in [5.41, 5.74) is 0. The molecule has 0 radical (unpaired) electrons. The number of carboxylic acid groups (broad SMARTS) is 1. The highest BCUT2D eigenvalue weighted by molar-refractivity contribution is 7.12. The Morgan fingerprint density at radius 1 is 1.47 bits per heavy atom. The van der Waals surface area contributed by atoms with Gasteiger partial charge in [0.1, 0.15) is 5.75 Å². The number of hydrogen-bond acceptors (Lipinski definition) is 4. The molecule has 1 saturated heterocycles. The van der Waals surface area contributed by atoms with Gasteiger partial charge in [0.25, 0.3) is 5.91 Å². The zero-order valence-corrected chi connectivity index (χ0v) is 11.6. The number of amides is 1. The van der Waals surface area contributed by atoms with Crippen molar-refractivity contribution >= 4 is 23.2 Å². The van der Waals surface area contributed by atoms with Gasteiger partial charge in [-0.25, -0.2) is 4.79 Å². The van der Waals surface area contributed by atoms with Crippen LogP contribution in [0, 0.1) is 5.92 Å². The average Bonchev–Trinajstić information content (AvgIpc) is 2.85. The lowest BCUT2D eigenvalue weighted by Crippen LogP contribution is -2.40. The van der Waals surface area contributed by atoms with Crippen molar-refractivity contribution in [2.75, 3.05) is 19.7 Å². The van der Waals surface area contributed by atoms with Crippen molar-refractivity contribution in [3.05, 3.63) is 16.3 Å². The number of thiophene rings is 1. The van der Waals surface area contributed by atoms with E-state index in [0.717, 1.165) is 37.3 Å².